The third-order valence-corrected chi connectivity index (χ3v) is 7.99. The van der Waals surface area contributed by atoms with Gasteiger partial charge in [-0.3, -0.25) is 14.8 Å². The van der Waals surface area contributed by atoms with Crippen molar-refractivity contribution in [3.63, 3.8) is 0 Å². The van der Waals surface area contributed by atoms with Crippen LogP contribution in [0, 0.1) is 5.21 Å². The second kappa shape index (κ2) is 13.4. The van der Waals surface area contributed by atoms with Gasteiger partial charge < -0.3 is 25.8 Å². The molecule has 0 unspecified atom stereocenters. The van der Waals surface area contributed by atoms with E-state index in [9.17, 15) is 14.8 Å². The lowest BCUT2D eigenvalue weighted by molar-refractivity contribution is -0.136. The monoisotopic (exact) mass is 583 g/mol. The van der Waals surface area contributed by atoms with Crippen molar-refractivity contribution in [3.8, 4) is 11.3 Å². The molecule has 0 radical (unpaired) electrons. The molecule has 10 heteroatoms. The maximum Gasteiger partial charge on any atom is 0.305 e. The Labute approximate surface area is 247 Å². The molecule has 0 saturated carbocycles. The summed E-state index contributed by atoms with van der Waals surface area (Å²) in [7, 11) is 0. The zero-order valence-electron chi connectivity index (χ0n) is 22.9. The average molecular weight is 584 g/mol. The first-order chi connectivity index (χ1) is 20.4. The summed E-state index contributed by atoms with van der Waals surface area (Å²) in [5, 5.41) is 34.3. The van der Waals surface area contributed by atoms with Crippen molar-refractivity contribution >= 4 is 45.3 Å². The van der Waals surface area contributed by atoms with Gasteiger partial charge in [-0.05, 0) is 78.8 Å². The van der Waals surface area contributed by atoms with Crippen LogP contribution in [0.5, 0.6) is 0 Å². The number of thiazole rings is 1. The number of carboxylic acids is 1. The standard InChI is InChI=1S/C32H31N4O5S/c37-30(38)18-19-33-31(39)26-8-6-22(7-9-26)20-35(27-14-10-24(11-15-27)23-4-2-1-3-5-23)32-34-29(21-42-32)25-12-16-28(17-13-25)36(40)41/h4,6-17,21,40H,1-3,5,18-20H2,(H,33,39)(H,37,38)/q-1. The molecule has 1 heterocycles. The first-order valence-corrected chi connectivity index (χ1v) is 14.6. The van der Waals surface area contributed by atoms with E-state index in [1.165, 1.54) is 47.4 Å². The number of allylic oxidation sites excluding steroid dienone is 2. The fourth-order valence-electron chi connectivity index (χ4n) is 4.83. The van der Waals surface area contributed by atoms with E-state index in [1.807, 2.05) is 17.5 Å². The second-order valence-electron chi connectivity index (χ2n) is 10.0. The number of amides is 1. The van der Waals surface area contributed by atoms with E-state index in [0.717, 1.165) is 40.5 Å². The molecule has 1 aromatic heterocycles. The van der Waals surface area contributed by atoms with Crippen molar-refractivity contribution in [2.24, 2.45) is 0 Å². The van der Waals surface area contributed by atoms with Gasteiger partial charge in [0.2, 0.25) is 0 Å². The van der Waals surface area contributed by atoms with E-state index in [0.29, 0.717) is 12.1 Å². The summed E-state index contributed by atoms with van der Waals surface area (Å²) < 4.78 is 0. The Bertz CT molecular complexity index is 1550. The number of aromatic nitrogens is 1. The van der Waals surface area contributed by atoms with Crippen LogP contribution in [-0.2, 0) is 11.3 Å². The van der Waals surface area contributed by atoms with Gasteiger partial charge in [-0.1, -0.05) is 42.5 Å². The van der Waals surface area contributed by atoms with E-state index in [4.69, 9.17) is 15.3 Å². The fraction of sp³-hybridized carbons (Fsp3) is 0.219. The van der Waals surface area contributed by atoms with Crippen LogP contribution in [0.25, 0.3) is 16.8 Å². The smallest absolute Gasteiger partial charge is 0.305 e. The van der Waals surface area contributed by atoms with Crippen molar-refractivity contribution in [1.82, 2.24) is 10.3 Å². The SMILES string of the molecule is O=C(O)CCNC(=O)c1ccc(CN(c2ccc(C3=CCCCC3)cc2)c2nc(-c3ccc(N([O-])O)cc3)cs2)cc1. The fourth-order valence-corrected chi connectivity index (χ4v) is 5.69. The highest BCUT2D eigenvalue weighted by atomic mass is 32.1. The molecule has 1 aliphatic carbocycles. The van der Waals surface area contributed by atoms with Crippen molar-refractivity contribution in [3.05, 3.63) is 106 Å². The van der Waals surface area contributed by atoms with Crippen LogP contribution < -0.4 is 15.4 Å². The number of nitrogens with one attached hydrogen (secondary N) is 1. The van der Waals surface area contributed by atoms with Gasteiger partial charge in [-0.2, -0.15) is 0 Å². The van der Waals surface area contributed by atoms with Crippen molar-refractivity contribution in [1.29, 1.82) is 0 Å². The van der Waals surface area contributed by atoms with Crippen LogP contribution in [0.2, 0.25) is 0 Å². The lowest BCUT2D eigenvalue weighted by Crippen LogP contribution is -2.26. The molecule has 1 amide bonds. The largest absolute Gasteiger partial charge is 0.733 e. The van der Waals surface area contributed by atoms with Gasteiger partial charge in [-0.15, -0.1) is 11.3 Å². The van der Waals surface area contributed by atoms with Crippen molar-refractivity contribution in [2.45, 2.75) is 38.6 Å². The minimum Gasteiger partial charge on any atom is -0.733 e. The minimum absolute atomic E-state index is 0.0703. The number of rotatable bonds is 11. The Morgan fingerprint density at radius 1 is 0.929 bits per heavy atom. The highest BCUT2D eigenvalue weighted by molar-refractivity contribution is 7.14. The molecule has 42 heavy (non-hydrogen) atoms. The van der Waals surface area contributed by atoms with E-state index < -0.39 is 5.97 Å². The molecule has 1 aliphatic rings. The third kappa shape index (κ3) is 7.22. The van der Waals surface area contributed by atoms with Crippen LogP contribution in [0.1, 0.15) is 53.6 Å². The Balaban J connectivity index is 1.39. The van der Waals surface area contributed by atoms with Crippen molar-refractivity contribution in [2.75, 3.05) is 16.7 Å². The molecule has 5 rings (SSSR count). The Morgan fingerprint density at radius 3 is 2.26 bits per heavy atom. The van der Waals surface area contributed by atoms with Crippen LogP contribution in [0.4, 0.5) is 16.5 Å². The molecule has 0 aliphatic heterocycles. The number of carbonyl (C=O) groups is 2. The molecule has 0 spiro atoms. The molecule has 0 atom stereocenters. The third-order valence-electron chi connectivity index (χ3n) is 7.13. The number of nitrogens with zero attached hydrogens (tertiary/aromatic N) is 3. The Morgan fingerprint density at radius 2 is 1.62 bits per heavy atom. The topological polar surface area (TPSA) is 129 Å². The molecule has 3 aromatic carbocycles. The van der Waals surface area contributed by atoms with Crippen LogP contribution in [-0.4, -0.2) is 33.7 Å². The number of aliphatic carboxylic acids is 1. The molecule has 4 aromatic rings. The summed E-state index contributed by atoms with van der Waals surface area (Å²) in [5.41, 5.74) is 6.73. The molecule has 0 fully saturated rings. The summed E-state index contributed by atoms with van der Waals surface area (Å²) in [5.74, 6) is -1.28. The molecular weight excluding hydrogens is 552 g/mol. The normalized spacial score (nSPS) is 12.9. The number of carboxylic acid groups (broad SMARTS) is 1. The average Bonchev–Trinajstić information content (AvgIpc) is 3.51. The molecule has 0 saturated heterocycles. The number of hydrogen-bond acceptors (Lipinski definition) is 8. The number of carbonyl (C=O) groups excluding carboxylic acids is 1. The minimum atomic E-state index is -0.962. The van der Waals surface area contributed by atoms with Crippen LogP contribution >= 0.6 is 11.3 Å². The zero-order valence-corrected chi connectivity index (χ0v) is 23.7. The Kier molecular flexibility index (Phi) is 9.28. The van der Waals surface area contributed by atoms with Gasteiger partial charge >= 0.3 is 5.97 Å². The number of hydrogen-bond donors (Lipinski definition) is 3. The lowest BCUT2D eigenvalue weighted by Gasteiger charge is -2.23. The van der Waals surface area contributed by atoms with Gasteiger partial charge in [0.1, 0.15) is 0 Å². The van der Waals surface area contributed by atoms with Gasteiger partial charge in [0.15, 0.2) is 5.13 Å². The highest BCUT2D eigenvalue weighted by Gasteiger charge is 2.17. The molecular formula is C32H31N4O5S-. The number of benzene rings is 3. The first-order valence-electron chi connectivity index (χ1n) is 13.8. The summed E-state index contributed by atoms with van der Waals surface area (Å²) in [6.45, 7) is 0.575. The maximum absolute atomic E-state index is 12.4. The number of anilines is 3. The molecule has 3 N–H and O–H groups in total. The lowest BCUT2D eigenvalue weighted by atomic mass is 9.93. The van der Waals surface area contributed by atoms with Gasteiger partial charge in [0.05, 0.1) is 24.3 Å². The predicted octanol–water partition coefficient (Wildman–Crippen LogP) is 7.00. The predicted molar refractivity (Wildman–Crippen MR) is 165 cm³/mol. The van der Waals surface area contributed by atoms with Gasteiger partial charge in [-0.25, -0.2) is 4.98 Å². The molecule has 0 bridgehead atoms. The molecule has 216 valence electrons. The summed E-state index contributed by atoms with van der Waals surface area (Å²) in [6.07, 6.45) is 6.85. The summed E-state index contributed by atoms with van der Waals surface area (Å²) in [6, 6.07) is 22.3. The van der Waals surface area contributed by atoms with Crippen LogP contribution in [0.15, 0.2) is 84.3 Å². The van der Waals surface area contributed by atoms with E-state index in [1.54, 1.807) is 24.3 Å². The van der Waals surface area contributed by atoms with Gasteiger partial charge in [0, 0.05) is 28.7 Å². The van der Waals surface area contributed by atoms with E-state index >= 15 is 0 Å². The van der Waals surface area contributed by atoms with Gasteiger partial charge in [0.25, 0.3) is 5.91 Å². The zero-order chi connectivity index (χ0) is 29.5. The van der Waals surface area contributed by atoms with Crippen molar-refractivity contribution < 1.29 is 19.9 Å². The summed E-state index contributed by atoms with van der Waals surface area (Å²) >= 11 is 1.50. The summed E-state index contributed by atoms with van der Waals surface area (Å²) in [4.78, 5) is 30.2. The Hall–Kier alpha value is -4.51. The van der Waals surface area contributed by atoms with E-state index in [-0.39, 0.29) is 29.8 Å². The first kappa shape index (κ1) is 29.0. The molecule has 9 nitrogen and oxygen atoms in total. The maximum atomic E-state index is 12.4. The quantitative estimate of drug-likeness (QED) is 0.161. The van der Waals surface area contributed by atoms with Crippen LogP contribution in [0.3, 0.4) is 0 Å². The highest BCUT2D eigenvalue weighted by Crippen LogP contribution is 2.35. The van der Waals surface area contributed by atoms with E-state index in [2.05, 4.69) is 40.6 Å². The second-order valence-corrected chi connectivity index (χ2v) is 10.9.